The summed E-state index contributed by atoms with van der Waals surface area (Å²) < 4.78 is 12.8. The lowest BCUT2D eigenvalue weighted by Gasteiger charge is -2.10. The zero-order chi connectivity index (χ0) is 12.0. The van der Waals surface area contributed by atoms with Crippen LogP contribution in [0.1, 0.15) is 23.7 Å². The third kappa shape index (κ3) is 3.94. The molecule has 1 aromatic rings. The van der Waals surface area contributed by atoms with Crippen molar-refractivity contribution in [3.63, 3.8) is 0 Å². The number of aromatic nitrogens is 1. The van der Waals surface area contributed by atoms with E-state index in [1.807, 2.05) is 6.92 Å². The number of carbonyl (C=O) groups excluding carboxylic acids is 1. The molecule has 0 fully saturated rings. The molecule has 0 aliphatic carbocycles. The summed E-state index contributed by atoms with van der Waals surface area (Å²) in [4.78, 5) is 15.1. The highest BCUT2D eigenvalue weighted by Crippen LogP contribution is 2.02. The number of nitrogens with zero attached hydrogens (tertiary/aromatic N) is 1. The maximum Gasteiger partial charge on any atom is 0.252 e. The fourth-order valence-corrected chi connectivity index (χ4v) is 1.23. The van der Waals surface area contributed by atoms with Gasteiger partial charge in [0.2, 0.25) is 0 Å². The van der Waals surface area contributed by atoms with Gasteiger partial charge in [-0.25, -0.2) is 4.39 Å². The van der Waals surface area contributed by atoms with Crippen molar-refractivity contribution in [1.29, 1.82) is 0 Å². The van der Waals surface area contributed by atoms with E-state index in [1.165, 1.54) is 6.20 Å². The third-order valence-electron chi connectivity index (χ3n) is 2.20. The summed E-state index contributed by atoms with van der Waals surface area (Å²) >= 11 is 0. The van der Waals surface area contributed by atoms with Crippen molar-refractivity contribution >= 4 is 5.91 Å². The molecule has 1 amide bonds. The Morgan fingerprint density at radius 1 is 1.62 bits per heavy atom. The highest BCUT2D eigenvalue weighted by Gasteiger charge is 2.08. The minimum absolute atomic E-state index is 0.0958. The Bertz CT molecular complexity index is 358. The summed E-state index contributed by atoms with van der Waals surface area (Å²) in [6, 6.07) is 1.14. The van der Waals surface area contributed by atoms with E-state index in [-0.39, 0.29) is 24.0 Å². The summed E-state index contributed by atoms with van der Waals surface area (Å²) in [7, 11) is 0. The van der Waals surface area contributed by atoms with Crippen molar-refractivity contribution in [1.82, 2.24) is 10.3 Å². The summed E-state index contributed by atoms with van der Waals surface area (Å²) in [5, 5.41) is 11.3. The van der Waals surface area contributed by atoms with Gasteiger partial charge in [0.05, 0.1) is 11.8 Å². The molecule has 2 N–H and O–H groups in total. The van der Waals surface area contributed by atoms with Crippen LogP contribution in [0.3, 0.4) is 0 Å². The molecule has 1 aromatic heterocycles. The number of nitrogens with one attached hydrogen (secondary N) is 1. The van der Waals surface area contributed by atoms with Crippen LogP contribution in [0.5, 0.6) is 0 Å². The lowest BCUT2D eigenvalue weighted by molar-refractivity contribution is 0.0944. The van der Waals surface area contributed by atoms with Gasteiger partial charge in [0.25, 0.3) is 5.91 Å². The number of amides is 1. The molecule has 4 nitrogen and oxygen atoms in total. The van der Waals surface area contributed by atoms with E-state index in [9.17, 15) is 9.18 Å². The number of hydrogen-bond donors (Lipinski definition) is 2. The standard InChI is InChI=1S/C11H15FN2O2/c1-8(2-3-15)5-14-11(16)9-4-10(12)7-13-6-9/h4,6-8,15H,2-3,5H2,1H3,(H,14,16). The van der Waals surface area contributed by atoms with Crippen molar-refractivity contribution in [2.24, 2.45) is 5.92 Å². The molecular formula is C11H15FN2O2. The van der Waals surface area contributed by atoms with Crippen LogP contribution < -0.4 is 5.32 Å². The average Bonchev–Trinajstić information content (AvgIpc) is 2.26. The van der Waals surface area contributed by atoms with Crippen molar-refractivity contribution < 1.29 is 14.3 Å². The summed E-state index contributed by atoms with van der Waals surface area (Å²) in [5.41, 5.74) is 0.205. The van der Waals surface area contributed by atoms with Gasteiger partial charge in [-0.1, -0.05) is 6.92 Å². The lowest BCUT2D eigenvalue weighted by Crippen LogP contribution is -2.28. The topological polar surface area (TPSA) is 62.2 Å². The zero-order valence-electron chi connectivity index (χ0n) is 9.11. The van der Waals surface area contributed by atoms with E-state index in [4.69, 9.17) is 5.11 Å². The van der Waals surface area contributed by atoms with Gasteiger partial charge in [-0.05, 0) is 18.4 Å². The van der Waals surface area contributed by atoms with Gasteiger partial charge in [-0.3, -0.25) is 9.78 Å². The Morgan fingerprint density at radius 2 is 2.38 bits per heavy atom. The molecule has 0 bridgehead atoms. The summed E-state index contributed by atoms with van der Waals surface area (Å²) in [6.07, 6.45) is 2.99. The SMILES string of the molecule is CC(CCO)CNC(=O)c1cncc(F)c1. The van der Waals surface area contributed by atoms with Crippen LogP contribution in [0.2, 0.25) is 0 Å². The molecule has 0 aliphatic rings. The second kappa shape index (κ2) is 6.17. The third-order valence-corrected chi connectivity index (χ3v) is 2.20. The van der Waals surface area contributed by atoms with Crippen molar-refractivity contribution in [3.05, 3.63) is 29.8 Å². The van der Waals surface area contributed by atoms with Gasteiger partial charge >= 0.3 is 0 Å². The number of aliphatic hydroxyl groups excluding tert-OH is 1. The van der Waals surface area contributed by atoms with E-state index in [1.54, 1.807) is 0 Å². The van der Waals surface area contributed by atoms with Crippen LogP contribution in [0.25, 0.3) is 0 Å². The maximum absolute atomic E-state index is 12.8. The van der Waals surface area contributed by atoms with E-state index >= 15 is 0 Å². The first-order chi connectivity index (χ1) is 7.63. The molecular weight excluding hydrogens is 211 g/mol. The first kappa shape index (κ1) is 12.6. The number of rotatable bonds is 5. The molecule has 0 saturated carbocycles. The first-order valence-corrected chi connectivity index (χ1v) is 5.13. The van der Waals surface area contributed by atoms with Crippen molar-refractivity contribution in [2.45, 2.75) is 13.3 Å². The van der Waals surface area contributed by atoms with Gasteiger partial charge in [0, 0.05) is 19.3 Å². The Morgan fingerprint density at radius 3 is 3.00 bits per heavy atom. The van der Waals surface area contributed by atoms with Gasteiger partial charge in [0.1, 0.15) is 5.82 Å². The molecule has 0 radical (unpaired) electrons. The fraction of sp³-hybridized carbons (Fsp3) is 0.455. The lowest BCUT2D eigenvalue weighted by atomic mass is 10.1. The van der Waals surface area contributed by atoms with Crippen LogP contribution in [0.15, 0.2) is 18.5 Å². The van der Waals surface area contributed by atoms with Crippen LogP contribution in [-0.4, -0.2) is 29.1 Å². The number of pyridine rings is 1. The number of halogens is 1. The molecule has 16 heavy (non-hydrogen) atoms. The highest BCUT2D eigenvalue weighted by atomic mass is 19.1. The van der Waals surface area contributed by atoms with E-state index in [0.717, 1.165) is 12.3 Å². The molecule has 1 unspecified atom stereocenters. The van der Waals surface area contributed by atoms with Crippen molar-refractivity contribution in [2.75, 3.05) is 13.2 Å². The number of hydrogen-bond acceptors (Lipinski definition) is 3. The van der Waals surface area contributed by atoms with Crippen LogP contribution in [0.4, 0.5) is 4.39 Å². The quantitative estimate of drug-likeness (QED) is 0.786. The van der Waals surface area contributed by atoms with Crippen molar-refractivity contribution in [3.8, 4) is 0 Å². The molecule has 1 atom stereocenters. The highest BCUT2D eigenvalue weighted by molar-refractivity contribution is 5.93. The Balaban J connectivity index is 2.47. The molecule has 5 heteroatoms. The monoisotopic (exact) mass is 226 g/mol. The molecule has 1 heterocycles. The molecule has 0 aliphatic heterocycles. The molecule has 0 aromatic carbocycles. The van der Waals surface area contributed by atoms with Crippen LogP contribution >= 0.6 is 0 Å². The number of aliphatic hydroxyl groups is 1. The van der Waals surface area contributed by atoms with Crippen LogP contribution in [0, 0.1) is 11.7 Å². The Labute approximate surface area is 93.5 Å². The molecule has 1 rings (SSSR count). The van der Waals surface area contributed by atoms with Gasteiger partial charge < -0.3 is 10.4 Å². The molecule has 0 saturated heterocycles. The zero-order valence-corrected chi connectivity index (χ0v) is 9.11. The van der Waals surface area contributed by atoms with E-state index in [2.05, 4.69) is 10.3 Å². The largest absolute Gasteiger partial charge is 0.396 e. The summed E-state index contributed by atoms with van der Waals surface area (Å²) in [6.45, 7) is 2.47. The van der Waals surface area contributed by atoms with Crippen LogP contribution in [-0.2, 0) is 0 Å². The van der Waals surface area contributed by atoms with Gasteiger partial charge in [0.15, 0.2) is 0 Å². The predicted molar refractivity (Wildman–Crippen MR) is 57.4 cm³/mol. The maximum atomic E-state index is 12.8. The Hall–Kier alpha value is -1.49. The fourth-order valence-electron chi connectivity index (χ4n) is 1.23. The number of carbonyl (C=O) groups is 1. The van der Waals surface area contributed by atoms with E-state index in [0.29, 0.717) is 13.0 Å². The minimum Gasteiger partial charge on any atom is -0.396 e. The van der Waals surface area contributed by atoms with Gasteiger partial charge in [-0.2, -0.15) is 0 Å². The van der Waals surface area contributed by atoms with E-state index < -0.39 is 5.82 Å². The smallest absolute Gasteiger partial charge is 0.252 e. The second-order valence-corrected chi connectivity index (χ2v) is 3.72. The Kier molecular flexibility index (Phi) is 4.85. The molecule has 88 valence electrons. The summed E-state index contributed by atoms with van der Waals surface area (Å²) in [5.74, 6) is -0.691. The minimum atomic E-state index is -0.531. The second-order valence-electron chi connectivity index (χ2n) is 3.72. The normalized spacial score (nSPS) is 12.2. The molecule has 0 spiro atoms. The first-order valence-electron chi connectivity index (χ1n) is 5.13. The predicted octanol–water partition coefficient (Wildman–Crippen LogP) is 0.969. The van der Waals surface area contributed by atoms with Gasteiger partial charge in [-0.15, -0.1) is 0 Å². The average molecular weight is 226 g/mol.